The van der Waals surface area contributed by atoms with Crippen LogP contribution in [0.5, 0.6) is 11.5 Å². The van der Waals surface area contributed by atoms with Gasteiger partial charge in [-0.05, 0) is 17.9 Å². The third-order valence-corrected chi connectivity index (χ3v) is 6.53. The molecule has 0 fully saturated rings. The molecule has 0 aromatic heterocycles. The van der Waals surface area contributed by atoms with E-state index in [1.165, 1.54) is 10.6 Å². The van der Waals surface area contributed by atoms with Gasteiger partial charge in [0.25, 0.3) is 0 Å². The second-order valence-electron chi connectivity index (χ2n) is 6.30. The molecule has 0 spiro atoms. The number of hydrogen-bond acceptors (Lipinski definition) is 2. The van der Waals surface area contributed by atoms with Crippen molar-refractivity contribution in [2.45, 2.75) is 6.92 Å². The van der Waals surface area contributed by atoms with E-state index in [4.69, 9.17) is 9.26 Å². The number of hydrogen-bond donors (Lipinski definition) is 0. The van der Waals surface area contributed by atoms with E-state index in [2.05, 4.69) is 79.7 Å². The number of benzene rings is 4. The van der Waals surface area contributed by atoms with Crippen LogP contribution in [0.2, 0.25) is 0 Å². The number of methoxy groups -OCH3 is 1. The Kier molecular flexibility index (Phi) is 5.09. The van der Waals surface area contributed by atoms with E-state index in [-0.39, 0.29) is 0 Å². The summed E-state index contributed by atoms with van der Waals surface area (Å²) in [5.41, 5.74) is 1.13. The Labute approximate surface area is 161 Å². The number of fused-ring (bicyclic) bond motifs is 1. The van der Waals surface area contributed by atoms with Crippen LogP contribution in [0.15, 0.2) is 91.0 Å². The molecule has 0 aliphatic carbocycles. The third-order valence-electron chi connectivity index (χ3n) is 4.62. The van der Waals surface area contributed by atoms with Gasteiger partial charge < -0.3 is 9.26 Å². The molecule has 0 saturated heterocycles. The van der Waals surface area contributed by atoms with Crippen molar-refractivity contribution in [3.63, 3.8) is 0 Å². The second kappa shape index (κ2) is 7.82. The molecular weight excluding hydrogens is 351 g/mol. The molecule has 4 rings (SSSR count). The molecule has 0 radical (unpaired) electrons. The normalized spacial score (nSPS) is 10.9. The summed E-state index contributed by atoms with van der Waals surface area (Å²) in [6, 6.07) is 31.2. The molecule has 0 aliphatic rings. The maximum Gasteiger partial charge on any atom is 0.150 e. The topological polar surface area (TPSA) is 18.5 Å². The van der Waals surface area contributed by atoms with Crippen LogP contribution in [0.4, 0.5) is 0 Å². The molecule has 2 nitrogen and oxygen atoms in total. The van der Waals surface area contributed by atoms with Crippen molar-refractivity contribution in [1.29, 1.82) is 0 Å². The largest absolute Gasteiger partial charge is 0.496 e. The van der Waals surface area contributed by atoms with Gasteiger partial charge >= 0.3 is 0 Å². The molecule has 0 saturated carbocycles. The van der Waals surface area contributed by atoms with Gasteiger partial charge in [0, 0.05) is 22.1 Å². The standard InChI is InChI=1S/C24H21O2P/c1-18-21-15-9-10-16-22(21)24(17-23(18)25-2)26-27(19-11-5-3-6-12-19)20-13-7-4-8-14-20/h3-17H,1-2H3. The summed E-state index contributed by atoms with van der Waals surface area (Å²) in [6.45, 7) is 2.09. The summed E-state index contributed by atoms with van der Waals surface area (Å²) in [5.74, 6) is 1.70. The van der Waals surface area contributed by atoms with Crippen molar-refractivity contribution >= 4 is 29.5 Å². The van der Waals surface area contributed by atoms with Crippen molar-refractivity contribution in [3.05, 3.63) is 96.6 Å². The summed E-state index contributed by atoms with van der Waals surface area (Å²) in [6.07, 6.45) is 0. The smallest absolute Gasteiger partial charge is 0.150 e. The summed E-state index contributed by atoms with van der Waals surface area (Å²) >= 11 is 0. The predicted molar refractivity (Wildman–Crippen MR) is 115 cm³/mol. The highest BCUT2D eigenvalue weighted by molar-refractivity contribution is 7.68. The molecule has 0 unspecified atom stereocenters. The van der Waals surface area contributed by atoms with Crippen LogP contribution in [0, 0.1) is 6.92 Å². The van der Waals surface area contributed by atoms with Crippen molar-refractivity contribution in [1.82, 2.24) is 0 Å². The van der Waals surface area contributed by atoms with Crippen molar-refractivity contribution in [2.24, 2.45) is 0 Å². The summed E-state index contributed by atoms with van der Waals surface area (Å²) < 4.78 is 12.3. The zero-order valence-electron chi connectivity index (χ0n) is 15.4. The average molecular weight is 372 g/mol. The van der Waals surface area contributed by atoms with Crippen LogP contribution in [0.3, 0.4) is 0 Å². The summed E-state index contributed by atoms with van der Waals surface area (Å²) in [4.78, 5) is 0. The minimum absolute atomic E-state index is 0.847. The average Bonchev–Trinajstić information content (AvgIpc) is 2.75. The Morgan fingerprint density at radius 3 is 1.70 bits per heavy atom. The lowest BCUT2D eigenvalue weighted by Gasteiger charge is -2.21. The van der Waals surface area contributed by atoms with E-state index in [0.717, 1.165) is 27.8 Å². The van der Waals surface area contributed by atoms with E-state index in [1.807, 2.05) is 18.2 Å². The van der Waals surface area contributed by atoms with Gasteiger partial charge in [0.1, 0.15) is 11.5 Å². The van der Waals surface area contributed by atoms with Crippen molar-refractivity contribution in [2.75, 3.05) is 7.11 Å². The zero-order chi connectivity index (χ0) is 18.6. The fourth-order valence-corrected chi connectivity index (χ4v) is 4.97. The molecule has 27 heavy (non-hydrogen) atoms. The molecule has 0 N–H and O–H groups in total. The molecule has 4 aromatic rings. The first-order valence-corrected chi connectivity index (χ1v) is 10.2. The summed E-state index contributed by atoms with van der Waals surface area (Å²) in [5, 5.41) is 4.63. The highest BCUT2D eigenvalue weighted by atomic mass is 31.1. The predicted octanol–water partition coefficient (Wildman–Crippen LogP) is 5.58. The minimum atomic E-state index is -0.983. The van der Waals surface area contributed by atoms with Crippen molar-refractivity contribution < 1.29 is 9.26 Å². The van der Waals surface area contributed by atoms with Gasteiger partial charge in [-0.15, -0.1) is 0 Å². The van der Waals surface area contributed by atoms with Gasteiger partial charge in [0.15, 0.2) is 8.15 Å². The monoisotopic (exact) mass is 372 g/mol. The van der Waals surface area contributed by atoms with Crippen LogP contribution in [0.25, 0.3) is 10.8 Å². The number of ether oxygens (including phenoxy) is 1. The van der Waals surface area contributed by atoms with Gasteiger partial charge in [-0.3, -0.25) is 0 Å². The highest BCUT2D eigenvalue weighted by Gasteiger charge is 2.19. The molecule has 134 valence electrons. The Bertz CT molecular complexity index is 1010. The first-order chi connectivity index (χ1) is 13.3. The number of rotatable bonds is 5. The first-order valence-electron chi connectivity index (χ1n) is 8.92. The molecule has 0 aliphatic heterocycles. The van der Waals surface area contributed by atoms with E-state index < -0.39 is 8.15 Å². The van der Waals surface area contributed by atoms with E-state index in [0.29, 0.717) is 0 Å². The maximum atomic E-state index is 6.68. The molecular formula is C24H21O2P. The third kappa shape index (κ3) is 3.54. The Hall–Kier alpha value is -2.83. The lowest BCUT2D eigenvalue weighted by Crippen LogP contribution is -2.15. The van der Waals surface area contributed by atoms with Crippen LogP contribution in [-0.4, -0.2) is 7.11 Å². The molecule has 0 bridgehead atoms. The second-order valence-corrected chi connectivity index (χ2v) is 8.11. The van der Waals surface area contributed by atoms with Gasteiger partial charge in [0.05, 0.1) is 7.11 Å². The van der Waals surface area contributed by atoms with Gasteiger partial charge in [-0.25, -0.2) is 0 Å². The van der Waals surface area contributed by atoms with Crippen LogP contribution in [0.1, 0.15) is 5.56 Å². The Morgan fingerprint density at radius 1 is 0.630 bits per heavy atom. The quantitative estimate of drug-likeness (QED) is 0.426. The molecule has 0 atom stereocenters. The van der Waals surface area contributed by atoms with E-state index >= 15 is 0 Å². The summed E-state index contributed by atoms with van der Waals surface area (Å²) in [7, 11) is 0.723. The molecule has 4 aromatic carbocycles. The van der Waals surface area contributed by atoms with E-state index in [9.17, 15) is 0 Å². The van der Waals surface area contributed by atoms with Crippen LogP contribution < -0.4 is 19.9 Å². The molecule has 3 heteroatoms. The van der Waals surface area contributed by atoms with Crippen LogP contribution in [-0.2, 0) is 0 Å². The zero-order valence-corrected chi connectivity index (χ0v) is 16.3. The SMILES string of the molecule is COc1cc(OP(c2ccccc2)c2ccccc2)c2ccccc2c1C. The van der Waals surface area contributed by atoms with Gasteiger partial charge in [-0.2, -0.15) is 0 Å². The first kappa shape index (κ1) is 17.6. The minimum Gasteiger partial charge on any atom is -0.496 e. The Balaban J connectivity index is 1.86. The number of aryl methyl sites for hydroxylation is 1. The lowest BCUT2D eigenvalue weighted by atomic mass is 10.0. The van der Waals surface area contributed by atoms with E-state index in [1.54, 1.807) is 7.11 Å². The van der Waals surface area contributed by atoms with Gasteiger partial charge in [0.2, 0.25) is 0 Å². The lowest BCUT2D eigenvalue weighted by molar-refractivity contribution is 0.411. The molecule has 0 heterocycles. The maximum absolute atomic E-state index is 6.68. The van der Waals surface area contributed by atoms with Crippen LogP contribution >= 0.6 is 8.15 Å². The molecule has 0 amide bonds. The fraction of sp³-hybridized carbons (Fsp3) is 0.0833. The van der Waals surface area contributed by atoms with Gasteiger partial charge in [-0.1, -0.05) is 84.9 Å². The highest BCUT2D eigenvalue weighted by Crippen LogP contribution is 2.43. The fourth-order valence-electron chi connectivity index (χ4n) is 3.23. The Morgan fingerprint density at radius 2 is 1.15 bits per heavy atom. The van der Waals surface area contributed by atoms with Crippen molar-refractivity contribution in [3.8, 4) is 11.5 Å².